The number of Topliss-reactive ketones (excluding diaryl/α,β-unsaturated/α-hetero) is 1. The molecule has 1 aromatic heterocycles. The van der Waals surface area contributed by atoms with E-state index in [1.54, 1.807) is 37.6 Å². The number of carbonyl (C=O) groups excluding carboxylic acids is 2. The Morgan fingerprint density at radius 3 is 2.43 bits per heavy atom. The number of aliphatic hydroxyl groups is 1. The number of fused-ring (bicyclic) bond motifs is 1. The van der Waals surface area contributed by atoms with Gasteiger partial charge in [0.25, 0.3) is 11.7 Å². The first-order valence-electron chi connectivity index (χ1n) is 12.3. The fourth-order valence-corrected chi connectivity index (χ4v) is 5.04. The van der Waals surface area contributed by atoms with Crippen LogP contribution in [-0.2, 0) is 9.59 Å². The number of carbonyl (C=O) groups is 2. The van der Waals surface area contributed by atoms with Crippen LogP contribution in [0, 0.1) is 0 Å². The molecular weight excluding hydrogens is 466 g/mol. The number of benzene rings is 3. The van der Waals surface area contributed by atoms with Crippen molar-refractivity contribution in [2.75, 3.05) is 30.0 Å². The third kappa shape index (κ3) is 4.12. The average molecular weight is 496 g/mol. The van der Waals surface area contributed by atoms with E-state index in [1.807, 2.05) is 48.5 Å². The zero-order valence-electron chi connectivity index (χ0n) is 21.1. The van der Waals surface area contributed by atoms with Crippen LogP contribution in [0.2, 0.25) is 0 Å². The standard InChI is InChI=1S/C30H29N3O4/c1-4-32(5-2)20-15-13-19(14-16-20)27-26(28(34)24-18-31-25-12-7-6-11-23(24)25)29(35)30(36)33(27)21-9-8-10-22(17-21)37-3/h6-18,27,31,34H,4-5H2,1-3H3/b28-26-. The van der Waals surface area contributed by atoms with Crippen molar-refractivity contribution in [2.45, 2.75) is 19.9 Å². The van der Waals surface area contributed by atoms with Gasteiger partial charge >= 0.3 is 0 Å². The molecule has 1 aliphatic rings. The molecule has 7 nitrogen and oxygen atoms in total. The Kier molecular flexibility index (Phi) is 6.44. The second kappa shape index (κ2) is 9.85. The maximum Gasteiger partial charge on any atom is 0.300 e. The first-order valence-corrected chi connectivity index (χ1v) is 12.3. The van der Waals surface area contributed by atoms with Crippen molar-refractivity contribution >= 4 is 39.7 Å². The third-order valence-electron chi connectivity index (χ3n) is 6.96. The van der Waals surface area contributed by atoms with Gasteiger partial charge in [-0.3, -0.25) is 14.5 Å². The molecule has 1 amide bonds. The first kappa shape index (κ1) is 24.2. The molecule has 5 rings (SSSR count). The van der Waals surface area contributed by atoms with Gasteiger partial charge in [-0.1, -0.05) is 36.4 Å². The minimum Gasteiger partial charge on any atom is -0.507 e. The number of rotatable bonds is 7. The zero-order chi connectivity index (χ0) is 26.1. The smallest absolute Gasteiger partial charge is 0.300 e. The van der Waals surface area contributed by atoms with E-state index < -0.39 is 17.7 Å². The molecule has 1 saturated heterocycles. The number of hydrogen-bond acceptors (Lipinski definition) is 5. The van der Waals surface area contributed by atoms with Crippen LogP contribution in [0.5, 0.6) is 5.75 Å². The van der Waals surface area contributed by atoms with Gasteiger partial charge < -0.3 is 19.7 Å². The second-order valence-electron chi connectivity index (χ2n) is 8.88. The number of H-pyrrole nitrogens is 1. The largest absolute Gasteiger partial charge is 0.507 e. The molecule has 0 saturated carbocycles. The number of anilines is 2. The Balaban J connectivity index is 1.71. The summed E-state index contributed by atoms with van der Waals surface area (Å²) >= 11 is 0. The SMILES string of the molecule is CCN(CC)c1ccc(C2/C(=C(/O)c3c[nH]c4ccccc34)C(=O)C(=O)N2c2cccc(OC)c2)cc1. The Morgan fingerprint density at radius 2 is 1.73 bits per heavy atom. The van der Waals surface area contributed by atoms with Gasteiger partial charge in [-0.25, -0.2) is 0 Å². The van der Waals surface area contributed by atoms with Crippen molar-refractivity contribution in [1.29, 1.82) is 0 Å². The molecule has 3 aromatic carbocycles. The molecule has 0 radical (unpaired) electrons. The van der Waals surface area contributed by atoms with Crippen LogP contribution in [0.3, 0.4) is 0 Å². The van der Waals surface area contributed by atoms with Crippen LogP contribution in [0.15, 0.2) is 84.6 Å². The van der Waals surface area contributed by atoms with E-state index in [-0.39, 0.29) is 11.3 Å². The summed E-state index contributed by atoms with van der Waals surface area (Å²) in [6.45, 7) is 5.91. The topological polar surface area (TPSA) is 85.9 Å². The summed E-state index contributed by atoms with van der Waals surface area (Å²) in [6.07, 6.45) is 1.67. The van der Waals surface area contributed by atoms with Gasteiger partial charge in [0.2, 0.25) is 0 Å². The minimum atomic E-state index is -0.813. The predicted octanol–water partition coefficient (Wildman–Crippen LogP) is 5.65. The van der Waals surface area contributed by atoms with Crippen LogP contribution in [0.25, 0.3) is 16.7 Å². The fraction of sp³-hybridized carbons (Fsp3) is 0.200. The van der Waals surface area contributed by atoms with Crippen LogP contribution in [0.4, 0.5) is 11.4 Å². The van der Waals surface area contributed by atoms with Crippen LogP contribution >= 0.6 is 0 Å². The van der Waals surface area contributed by atoms with Gasteiger partial charge in [-0.2, -0.15) is 0 Å². The van der Waals surface area contributed by atoms with Gasteiger partial charge in [0.1, 0.15) is 11.5 Å². The van der Waals surface area contributed by atoms with Gasteiger partial charge in [0.05, 0.1) is 18.7 Å². The van der Waals surface area contributed by atoms with Gasteiger partial charge in [-0.05, 0) is 49.7 Å². The highest BCUT2D eigenvalue weighted by Crippen LogP contribution is 2.43. The van der Waals surface area contributed by atoms with E-state index in [0.717, 1.165) is 35.2 Å². The number of nitrogens with zero attached hydrogens (tertiary/aromatic N) is 2. The quantitative estimate of drug-likeness (QED) is 0.197. The highest BCUT2D eigenvalue weighted by molar-refractivity contribution is 6.51. The maximum absolute atomic E-state index is 13.5. The number of amides is 1. The van der Waals surface area contributed by atoms with Crippen molar-refractivity contribution in [3.8, 4) is 5.75 Å². The summed E-state index contributed by atoms with van der Waals surface area (Å²) < 4.78 is 5.37. The molecule has 1 unspecified atom stereocenters. The minimum absolute atomic E-state index is 0.0492. The van der Waals surface area contributed by atoms with Crippen molar-refractivity contribution < 1.29 is 19.4 Å². The molecule has 2 heterocycles. The van der Waals surface area contributed by atoms with E-state index in [9.17, 15) is 14.7 Å². The van der Waals surface area contributed by atoms with E-state index in [4.69, 9.17) is 4.74 Å². The molecule has 0 spiro atoms. The maximum atomic E-state index is 13.5. The lowest BCUT2D eigenvalue weighted by atomic mass is 9.94. The Morgan fingerprint density at radius 1 is 1.00 bits per heavy atom. The Labute approximate surface area is 215 Å². The van der Waals surface area contributed by atoms with E-state index in [1.165, 1.54) is 4.90 Å². The van der Waals surface area contributed by atoms with Gasteiger partial charge in [-0.15, -0.1) is 0 Å². The molecule has 188 valence electrons. The van der Waals surface area contributed by atoms with Crippen LogP contribution in [0.1, 0.15) is 31.0 Å². The van der Waals surface area contributed by atoms with E-state index in [2.05, 4.69) is 23.7 Å². The van der Waals surface area contributed by atoms with Crippen LogP contribution in [-0.4, -0.2) is 42.0 Å². The summed E-state index contributed by atoms with van der Waals surface area (Å²) in [6, 6.07) is 21.5. The lowest BCUT2D eigenvalue weighted by Crippen LogP contribution is -2.29. The number of hydrogen-bond donors (Lipinski definition) is 2. The first-order chi connectivity index (χ1) is 18.0. The lowest BCUT2D eigenvalue weighted by molar-refractivity contribution is -0.132. The molecule has 1 fully saturated rings. The monoisotopic (exact) mass is 495 g/mol. The fourth-order valence-electron chi connectivity index (χ4n) is 5.04. The number of methoxy groups -OCH3 is 1. The number of ketones is 1. The number of para-hydroxylation sites is 1. The van der Waals surface area contributed by atoms with E-state index >= 15 is 0 Å². The molecule has 4 aromatic rings. The van der Waals surface area contributed by atoms with Crippen molar-refractivity contribution in [1.82, 2.24) is 4.98 Å². The molecule has 0 aliphatic carbocycles. The average Bonchev–Trinajstić information content (AvgIpc) is 3.48. The number of aromatic nitrogens is 1. The zero-order valence-corrected chi connectivity index (χ0v) is 21.1. The van der Waals surface area contributed by atoms with Gasteiger partial charge in [0.15, 0.2) is 0 Å². The number of ether oxygens (including phenoxy) is 1. The van der Waals surface area contributed by atoms with Crippen molar-refractivity contribution in [2.24, 2.45) is 0 Å². The van der Waals surface area contributed by atoms with Crippen LogP contribution < -0.4 is 14.5 Å². The summed E-state index contributed by atoms with van der Waals surface area (Å²) in [4.78, 5) is 33.8. The molecule has 2 N–H and O–H groups in total. The predicted molar refractivity (Wildman–Crippen MR) is 146 cm³/mol. The lowest BCUT2D eigenvalue weighted by Gasteiger charge is -2.27. The second-order valence-corrected chi connectivity index (χ2v) is 8.88. The number of nitrogens with one attached hydrogen (secondary N) is 1. The molecule has 37 heavy (non-hydrogen) atoms. The molecular formula is C30H29N3O4. The number of aliphatic hydroxyl groups excluding tert-OH is 1. The molecule has 1 aliphatic heterocycles. The summed E-state index contributed by atoms with van der Waals surface area (Å²) in [7, 11) is 1.55. The molecule has 1 atom stereocenters. The summed E-state index contributed by atoms with van der Waals surface area (Å²) in [5.74, 6) is -1.08. The summed E-state index contributed by atoms with van der Waals surface area (Å²) in [5, 5.41) is 12.3. The summed E-state index contributed by atoms with van der Waals surface area (Å²) in [5.41, 5.74) is 3.63. The Hall–Kier alpha value is -4.52. The van der Waals surface area contributed by atoms with E-state index in [0.29, 0.717) is 17.0 Å². The van der Waals surface area contributed by atoms with Crippen molar-refractivity contribution in [3.05, 3.63) is 95.7 Å². The Bertz CT molecular complexity index is 1500. The molecule has 7 heteroatoms. The molecule has 0 bridgehead atoms. The third-order valence-corrected chi connectivity index (χ3v) is 6.96. The highest BCUT2D eigenvalue weighted by atomic mass is 16.5. The number of aromatic amines is 1. The highest BCUT2D eigenvalue weighted by Gasteiger charge is 2.47. The van der Waals surface area contributed by atoms with Crippen molar-refractivity contribution in [3.63, 3.8) is 0 Å². The normalized spacial score (nSPS) is 16.9. The van der Waals surface area contributed by atoms with Gasteiger partial charge in [0, 0.05) is 53.2 Å².